The molecule has 2 aromatic carbocycles. The van der Waals surface area contributed by atoms with Gasteiger partial charge in [0.05, 0.1) is 16.2 Å². The first-order valence-electron chi connectivity index (χ1n) is 8.83. The molecule has 1 fully saturated rings. The minimum atomic E-state index is -3.52. The molecule has 148 valence electrons. The van der Waals surface area contributed by atoms with Crippen LogP contribution in [-0.2, 0) is 10.0 Å². The van der Waals surface area contributed by atoms with Gasteiger partial charge in [-0.25, -0.2) is 13.8 Å². The minimum absolute atomic E-state index is 0.122. The summed E-state index contributed by atoms with van der Waals surface area (Å²) in [5.74, 6) is -0.661. The maximum absolute atomic E-state index is 12.7. The van der Waals surface area contributed by atoms with Gasteiger partial charge in [-0.05, 0) is 36.8 Å². The third kappa shape index (κ3) is 4.38. The Morgan fingerprint density at radius 1 is 1.11 bits per heavy atom. The molecule has 0 saturated carbocycles. The molecule has 8 nitrogen and oxygen atoms in total. The first-order valence-corrected chi connectivity index (χ1v) is 10.3. The number of benzene rings is 2. The summed E-state index contributed by atoms with van der Waals surface area (Å²) in [5, 5.41) is 16.9. The molecule has 0 spiro atoms. The van der Waals surface area contributed by atoms with E-state index in [1.165, 1.54) is 28.6 Å². The third-order valence-electron chi connectivity index (χ3n) is 4.46. The first-order chi connectivity index (χ1) is 13.4. The number of aromatic hydroxyl groups is 1. The van der Waals surface area contributed by atoms with Crippen LogP contribution in [0.3, 0.4) is 0 Å². The van der Waals surface area contributed by atoms with Crippen molar-refractivity contribution >= 4 is 21.6 Å². The van der Waals surface area contributed by atoms with Gasteiger partial charge in [0.25, 0.3) is 5.91 Å². The Morgan fingerprint density at radius 3 is 2.39 bits per heavy atom. The summed E-state index contributed by atoms with van der Waals surface area (Å²) >= 11 is 0. The maximum atomic E-state index is 12.7. The van der Waals surface area contributed by atoms with Crippen molar-refractivity contribution in [1.82, 2.24) is 15.0 Å². The van der Waals surface area contributed by atoms with Crippen LogP contribution in [0, 0.1) is 0 Å². The number of phenols is 1. The van der Waals surface area contributed by atoms with Gasteiger partial charge in [-0.15, -0.1) is 0 Å². The van der Waals surface area contributed by atoms with Crippen LogP contribution in [0.25, 0.3) is 0 Å². The number of nitrogens with one attached hydrogen (secondary N) is 2. The number of hydrogen-bond acceptors (Lipinski definition) is 6. The third-order valence-corrected chi connectivity index (χ3v) is 6.37. The van der Waals surface area contributed by atoms with Gasteiger partial charge >= 0.3 is 0 Å². The van der Waals surface area contributed by atoms with Crippen molar-refractivity contribution in [3.8, 4) is 5.75 Å². The van der Waals surface area contributed by atoms with Gasteiger partial charge in [-0.2, -0.15) is 9.41 Å². The Bertz CT molecular complexity index is 981. The Morgan fingerprint density at radius 2 is 1.75 bits per heavy atom. The zero-order valence-electron chi connectivity index (χ0n) is 15.4. The number of para-hydroxylation sites is 1. The number of nitrogens with zero attached hydrogens (tertiary/aromatic N) is 2. The fraction of sp³-hybridized carbons (Fsp3) is 0.263. The molecule has 9 heteroatoms. The average Bonchev–Trinajstić information content (AvgIpc) is 2.73. The normalized spacial score (nSPS) is 16.0. The zero-order chi connectivity index (χ0) is 20.1. The van der Waals surface area contributed by atoms with Crippen molar-refractivity contribution in [2.45, 2.75) is 11.8 Å². The highest BCUT2D eigenvalue weighted by Gasteiger charge is 2.25. The Kier molecular flexibility index (Phi) is 6.08. The van der Waals surface area contributed by atoms with Gasteiger partial charge < -0.3 is 10.4 Å². The summed E-state index contributed by atoms with van der Waals surface area (Å²) in [5.41, 5.74) is 3.70. The number of rotatable bonds is 5. The number of amides is 1. The second-order valence-corrected chi connectivity index (χ2v) is 8.27. The van der Waals surface area contributed by atoms with Crippen molar-refractivity contribution in [2.24, 2.45) is 5.10 Å². The standard InChI is InChI=1S/C19H22N4O4S/c1-14(21-22-19(25)17-4-2-3-5-18(17)24)15-6-8-16(9-7-15)28(26,27)23-12-10-20-11-13-23/h2-9,20,24H,10-13H2,1H3,(H,22,25)/b21-14-. The molecule has 1 aliphatic rings. The van der Waals surface area contributed by atoms with E-state index in [-0.39, 0.29) is 16.2 Å². The predicted molar refractivity (Wildman–Crippen MR) is 106 cm³/mol. The molecule has 3 rings (SSSR count). The van der Waals surface area contributed by atoms with E-state index in [1.54, 1.807) is 31.2 Å². The van der Waals surface area contributed by atoms with E-state index in [1.807, 2.05) is 0 Å². The van der Waals surface area contributed by atoms with Crippen LogP contribution in [0.2, 0.25) is 0 Å². The molecule has 0 aromatic heterocycles. The van der Waals surface area contributed by atoms with E-state index in [0.717, 1.165) is 0 Å². The van der Waals surface area contributed by atoms with E-state index in [9.17, 15) is 18.3 Å². The van der Waals surface area contributed by atoms with Gasteiger partial charge in [-0.1, -0.05) is 24.3 Å². The topological polar surface area (TPSA) is 111 Å². The molecular formula is C19H22N4O4S. The molecule has 1 aliphatic heterocycles. The van der Waals surface area contributed by atoms with Gasteiger partial charge in [0, 0.05) is 26.2 Å². The van der Waals surface area contributed by atoms with E-state index in [4.69, 9.17) is 0 Å². The number of carbonyl (C=O) groups excluding carboxylic acids is 1. The summed E-state index contributed by atoms with van der Waals surface area (Å²) in [4.78, 5) is 12.3. The van der Waals surface area contributed by atoms with Gasteiger partial charge in [0.2, 0.25) is 10.0 Å². The molecule has 3 N–H and O–H groups in total. The average molecular weight is 402 g/mol. The lowest BCUT2D eigenvalue weighted by molar-refractivity contribution is 0.0952. The molecule has 1 saturated heterocycles. The fourth-order valence-corrected chi connectivity index (χ4v) is 4.27. The summed E-state index contributed by atoms with van der Waals surface area (Å²) in [6, 6.07) is 12.6. The van der Waals surface area contributed by atoms with Gasteiger partial charge in [-0.3, -0.25) is 4.79 Å². The predicted octanol–water partition coefficient (Wildman–Crippen LogP) is 1.14. The van der Waals surface area contributed by atoms with Crippen molar-refractivity contribution < 1.29 is 18.3 Å². The van der Waals surface area contributed by atoms with E-state index < -0.39 is 15.9 Å². The molecule has 0 bridgehead atoms. The van der Waals surface area contributed by atoms with Crippen molar-refractivity contribution in [1.29, 1.82) is 0 Å². The van der Waals surface area contributed by atoms with Crippen LogP contribution < -0.4 is 10.7 Å². The van der Waals surface area contributed by atoms with Crippen LogP contribution in [0.15, 0.2) is 58.5 Å². The number of sulfonamides is 1. The molecule has 28 heavy (non-hydrogen) atoms. The summed E-state index contributed by atoms with van der Waals surface area (Å²) in [6.45, 7) is 3.87. The van der Waals surface area contributed by atoms with Crippen LogP contribution >= 0.6 is 0 Å². The maximum Gasteiger partial charge on any atom is 0.275 e. The molecule has 0 unspecified atom stereocenters. The fourth-order valence-electron chi connectivity index (χ4n) is 2.83. The van der Waals surface area contributed by atoms with Crippen LogP contribution in [0.4, 0.5) is 0 Å². The van der Waals surface area contributed by atoms with Crippen molar-refractivity contribution in [3.63, 3.8) is 0 Å². The van der Waals surface area contributed by atoms with E-state index in [0.29, 0.717) is 37.5 Å². The number of hydrogen-bond donors (Lipinski definition) is 3. The van der Waals surface area contributed by atoms with Crippen molar-refractivity contribution in [3.05, 3.63) is 59.7 Å². The van der Waals surface area contributed by atoms with Gasteiger partial charge in [0.15, 0.2) is 0 Å². The Hall–Kier alpha value is -2.75. The lowest BCUT2D eigenvalue weighted by Gasteiger charge is -2.26. The first kappa shape index (κ1) is 20.0. The quantitative estimate of drug-likeness (QED) is 0.513. The highest BCUT2D eigenvalue weighted by atomic mass is 32.2. The second kappa shape index (κ2) is 8.51. The monoisotopic (exact) mass is 402 g/mol. The van der Waals surface area contributed by atoms with Crippen LogP contribution in [0.1, 0.15) is 22.8 Å². The molecular weight excluding hydrogens is 380 g/mol. The molecule has 0 aliphatic carbocycles. The highest BCUT2D eigenvalue weighted by Crippen LogP contribution is 2.18. The van der Waals surface area contributed by atoms with Crippen LogP contribution in [0.5, 0.6) is 5.75 Å². The van der Waals surface area contributed by atoms with Crippen molar-refractivity contribution in [2.75, 3.05) is 26.2 Å². The van der Waals surface area contributed by atoms with E-state index in [2.05, 4.69) is 15.8 Å². The molecule has 0 atom stereocenters. The molecule has 1 amide bonds. The van der Waals surface area contributed by atoms with E-state index >= 15 is 0 Å². The minimum Gasteiger partial charge on any atom is -0.507 e. The summed E-state index contributed by atoms with van der Waals surface area (Å²) in [7, 11) is -3.52. The molecule has 1 heterocycles. The SMILES string of the molecule is C/C(=N/NC(=O)c1ccccc1O)c1ccc(S(=O)(=O)N2CCNCC2)cc1. The zero-order valence-corrected chi connectivity index (χ0v) is 16.2. The Balaban J connectivity index is 1.71. The Labute approximate surface area is 163 Å². The number of phenolic OH excluding ortho intramolecular Hbond substituents is 1. The van der Waals surface area contributed by atoms with Gasteiger partial charge in [0.1, 0.15) is 5.75 Å². The number of hydrazone groups is 1. The summed E-state index contributed by atoms with van der Waals surface area (Å²) < 4.78 is 26.8. The second-order valence-electron chi connectivity index (χ2n) is 6.33. The number of piperazine rings is 1. The highest BCUT2D eigenvalue weighted by molar-refractivity contribution is 7.89. The smallest absolute Gasteiger partial charge is 0.275 e. The molecule has 0 radical (unpaired) electrons. The largest absolute Gasteiger partial charge is 0.507 e. The lowest BCUT2D eigenvalue weighted by Crippen LogP contribution is -2.46. The molecule has 2 aromatic rings. The summed E-state index contributed by atoms with van der Waals surface area (Å²) in [6.07, 6.45) is 0. The van der Waals surface area contributed by atoms with Crippen LogP contribution in [-0.4, -0.2) is 55.6 Å². The lowest BCUT2D eigenvalue weighted by atomic mass is 10.1. The number of carbonyl (C=O) groups is 1.